The predicted octanol–water partition coefficient (Wildman–Crippen LogP) is 6.82. The van der Waals surface area contributed by atoms with Crippen LogP contribution in [0.1, 0.15) is 47.4 Å². The molecule has 44 heavy (non-hydrogen) atoms. The summed E-state index contributed by atoms with van der Waals surface area (Å²) in [6, 6.07) is 13.6. The van der Waals surface area contributed by atoms with Gasteiger partial charge >= 0.3 is 6.09 Å². The van der Waals surface area contributed by atoms with Crippen LogP contribution in [0.15, 0.2) is 48.7 Å². The van der Waals surface area contributed by atoms with E-state index in [1.54, 1.807) is 20.4 Å². The third-order valence-corrected chi connectivity index (χ3v) is 9.79. The minimum absolute atomic E-state index is 0.0493. The van der Waals surface area contributed by atoms with Gasteiger partial charge in [0.05, 0.1) is 50.9 Å². The second kappa shape index (κ2) is 17.0. The minimum Gasteiger partial charge on any atom is -0.493 e. The Hall–Kier alpha value is -3.64. The van der Waals surface area contributed by atoms with E-state index in [4.69, 9.17) is 33.2 Å². The van der Waals surface area contributed by atoms with Crippen LogP contribution in [0.4, 0.5) is 4.79 Å². The first kappa shape index (κ1) is 33.3. The van der Waals surface area contributed by atoms with E-state index in [0.29, 0.717) is 54.3 Å². The van der Waals surface area contributed by atoms with E-state index in [2.05, 4.69) is 22.4 Å². The van der Waals surface area contributed by atoms with Gasteiger partial charge in [0.2, 0.25) is 11.5 Å². The Morgan fingerprint density at radius 2 is 1.48 bits per heavy atom. The maximum absolute atomic E-state index is 12.1. The van der Waals surface area contributed by atoms with E-state index < -0.39 is 6.09 Å². The van der Waals surface area contributed by atoms with Gasteiger partial charge in [0.15, 0.2) is 23.0 Å². The van der Waals surface area contributed by atoms with Crippen molar-refractivity contribution in [3.05, 3.63) is 65.5 Å². The fraction of sp³-hybridized carbons (Fsp3) is 0.438. The normalized spacial score (nSPS) is 15.8. The molecule has 1 aliphatic heterocycles. The molecule has 2 heterocycles. The molecule has 0 unspecified atom stereocenters. The lowest BCUT2D eigenvalue weighted by Crippen LogP contribution is -2.26. The zero-order chi connectivity index (χ0) is 31.3. The van der Waals surface area contributed by atoms with Crippen LogP contribution >= 0.6 is 23.5 Å². The first-order valence-electron chi connectivity index (χ1n) is 14.5. The summed E-state index contributed by atoms with van der Waals surface area (Å²) in [6.07, 6.45) is 1.12. The molecule has 4 rings (SSSR count). The molecular formula is C32H40N2O8S2. The number of hydrogen-bond acceptors (Lipinski definition) is 11. The summed E-state index contributed by atoms with van der Waals surface area (Å²) in [5.74, 6) is 4.49. The highest BCUT2D eigenvalue weighted by atomic mass is 32.2. The molecule has 1 N–H and O–H groups in total. The van der Waals surface area contributed by atoms with E-state index in [0.717, 1.165) is 22.6 Å². The Labute approximate surface area is 267 Å². The number of alkyl carbamates (subject to hydrolysis) is 1. The van der Waals surface area contributed by atoms with Crippen molar-refractivity contribution in [1.29, 1.82) is 0 Å². The molecule has 0 saturated carbocycles. The first-order valence-corrected chi connectivity index (χ1v) is 16.5. The quantitative estimate of drug-likeness (QED) is 0.166. The molecule has 12 heteroatoms. The molecule has 0 aliphatic carbocycles. The number of ether oxygens (including phenoxy) is 7. The highest BCUT2D eigenvalue weighted by Gasteiger charge is 2.32. The average molecular weight is 645 g/mol. The van der Waals surface area contributed by atoms with Gasteiger partial charge < -0.3 is 38.5 Å². The molecule has 10 nitrogen and oxygen atoms in total. The second-order valence-electron chi connectivity index (χ2n) is 9.35. The van der Waals surface area contributed by atoms with Gasteiger partial charge in [-0.15, -0.1) is 23.5 Å². The SMILES string of the molecule is CCOc1cc([C@H]2CS[C@H](c3cc(OC)c(OCCOC(=O)NCc4ccccn4)c(OC)c3)S2)cc(OCC)c1OCC. The van der Waals surface area contributed by atoms with Crippen molar-refractivity contribution in [2.75, 3.05) is 53.0 Å². The van der Waals surface area contributed by atoms with Crippen molar-refractivity contribution in [2.45, 2.75) is 37.1 Å². The molecule has 1 aliphatic rings. The van der Waals surface area contributed by atoms with Gasteiger partial charge in [0.1, 0.15) is 13.2 Å². The number of nitrogens with zero attached hydrogens (tertiary/aromatic N) is 1. The van der Waals surface area contributed by atoms with Gasteiger partial charge in [-0.2, -0.15) is 0 Å². The summed E-state index contributed by atoms with van der Waals surface area (Å²) in [5.41, 5.74) is 2.92. The van der Waals surface area contributed by atoms with E-state index in [9.17, 15) is 4.79 Å². The van der Waals surface area contributed by atoms with E-state index in [-0.39, 0.29) is 29.6 Å². The van der Waals surface area contributed by atoms with Crippen LogP contribution in [0.3, 0.4) is 0 Å². The van der Waals surface area contributed by atoms with Crippen molar-refractivity contribution in [3.63, 3.8) is 0 Å². The number of rotatable bonds is 16. The monoisotopic (exact) mass is 644 g/mol. The molecule has 1 amide bonds. The molecule has 2 aromatic carbocycles. The molecule has 0 spiro atoms. The Morgan fingerprint density at radius 1 is 0.841 bits per heavy atom. The number of hydrogen-bond donors (Lipinski definition) is 1. The van der Waals surface area contributed by atoms with E-state index >= 15 is 0 Å². The van der Waals surface area contributed by atoms with Gasteiger partial charge in [0.25, 0.3) is 0 Å². The number of thioether (sulfide) groups is 2. The predicted molar refractivity (Wildman–Crippen MR) is 173 cm³/mol. The van der Waals surface area contributed by atoms with Crippen LogP contribution in [-0.2, 0) is 11.3 Å². The number of pyridine rings is 1. The molecule has 1 aromatic heterocycles. The van der Waals surface area contributed by atoms with Gasteiger partial charge in [-0.25, -0.2) is 4.79 Å². The van der Waals surface area contributed by atoms with Gasteiger partial charge in [-0.05, 0) is 68.3 Å². The lowest BCUT2D eigenvalue weighted by Gasteiger charge is -2.20. The lowest BCUT2D eigenvalue weighted by molar-refractivity contribution is 0.122. The van der Waals surface area contributed by atoms with Crippen molar-refractivity contribution in [3.8, 4) is 34.5 Å². The van der Waals surface area contributed by atoms with Crippen LogP contribution in [0, 0.1) is 0 Å². The zero-order valence-corrected chi connectivity index (χ0v) is 27.4. The van der Waals surface area contributed by atoms with Gasteiger partial charge in [0, 0.05) is 17.2 Å². The summed E-state index contributed by atoms with van der Waals surface area (Å²) < 4.78 is 40.5. The topological polar surface area (TPSA) is 107 Å². The van der Waals surface area contributed by atoms with E-state index in [1.165, 1.54) is 0 Å². The number of carbonyl (C=O) groups is 1. The standard InChI is InChI=1S/C32H40N2O8S2/c1-6-38-26-15-21(16-27(39-7-2)30(26)40-8-3)28-20-43-31(44-28)22-17-24(36-4)29(25(18-22)37-5)41-13-14-42-32(35)34-19-23-11-9-10-12-33-23/h9-12,15-18,28,31H,6-8,13-14,19-20H2,1-5H3,(H,34,35)/t28-,31+/m1/s1. The lowest BCUT2D eigenvalue weighted by atomic mass is 10.1. The third-order valence-electron chi connectivity index (χ3n) is 6.45. The molecule has 0 radical (unpaired) electrons. The number of amides is 1. The van der Waals surface area contributed by atoms with E-state index in [1.807, 2.05) is 74.6 Å². The van der Waals surface area contributed by atoms with Gasteiger partial charge in [-0.1, -0.05) is 6.07 Å². The highest BCUT2D eigenvalue weighted by molar-refractivity contribution is 8.19. The number of carbonyl (C=O) groups excluding carboxylic acids is 1. The molecular weight excluding hydrogens is 604 g/mol. The Morgan fingerprint density at radius 3 is 2.07 bits per heavy atom. The largest absolute Gasteiger partial charge is 0.493 e. The third kappa shape index (κ3) is 8.72. The Balaban J connectivity index is 1.40. The van der Waals surface area contributed by atoms with Crippen LogP contribution in [0.25, 0.3) is 0 Å². The molecule has 0 bridgehead atoms. The maximum Gasteiger partial charge on any atom is 0.407 e. The van der Waals surface area contributed by atoms with Crippen molar-refractivity contribution in [2.24, 2.45) is 0 Å². The van der Waals surface area contributed by atoms with Crippen molar-refractivity contribution < 1.29 is 38.0 Å². The smallest absolute Gasteiger partial charge is 0.407 e. The average Bonchev–Trinajstić information content (AvgIpc) is 3.54. The van der Waals surface area contributed by atoms with Gasteiger partial charge in [-0.3, -0.25) is 4.98 Å². The number of methoxy groups -OCH3 is 2. The Kier molecular flexibility index (Phi) is 12.9. The maximum atomic E-state index is 12.1. The fourth-order valence-corrected chi connectivity index (χ4v) is 7.78. The summed E-state index contributed by atoms with van der Waals surface area (Å²) in [4.78, 5) is 16.2. The molecule has 238 valence electrons. The molecule has 1 saturated heterocycles. The first-order chi connectivity index (χ1) is 21.5. The summed E-state index contributed by atoms with van der Waals surface area (Å²) in [6.45, 7) is 7.91. The number of benzene rings is 2. The summed E-state index contributed by atoms with van der Waals surface area (Å²) >= 11 is 3.70. The zero-order valence-electron chi connectivity index (χ0n) is 25.8. The second-order valence-corrected chi connectivity index (χ2v) is 12.1. The van der Waals surface area contributed by atoms with Crippen molar-refractivity contribution >= 4 is 29.6 Å². The molecule has 3 aromatic rings. The summed E-state index contributed by atoms with van der Waals surface area (Å²) in [7, 11) is 3.18. The van der Waals surface area contributed by atoms with Crippen molar-refractivity contribution in [1.82, 2.24) is 10.3 Å². The minimum atomic E-state index is -0.548. The summed E-state index contributed by atoms with van der Waals surface area (Å²) in [5, 5.41) is 2.89. The highest BCUT2D eigenvalue weighted by Crippen LogP contribution is 2.58. The number of aromatic nitrogens is 1. The van der Waals surface area contributed by atoms with Crippen LogP contribution in [0.5, 0.6) is 34.5 Å². The molecule has 1 fully saturated rings. The van der Waals surface area contributed by atoms with Crippen LogP contribution in [0.2, 0.25) is 0 Å². The fourth-order valence-electron chi connectivity index (χ4n) is 4.52. The number of nitrogens with one attached hydrogen (secondary N) is 1. The van der Waals surface area contributed by atoms with Crippen LogP contribution < -0.4 is 33.7 Å². The Bertz CT molecular complexity index is 1310. The molecule has 2 atom stereocenters. The van der Waals surface area contributed by atoms with Crippen LogP contribution in [-0.4, -0.2) is 64.1 Å².